The molecule has 4 aromatic rings. The van der Waals surface area contributed by atoms with Crippen molar-refractivity contribution < 1.29 is 0 Å². The Labute approximate surface area is 150 Å². The highest BCUT2D eigenvalue weighted by Crippen LogP contribution is 2.32. The number of aromatic nitrogens is 6. The fourth-order valence-corrected chi connectivity index (χ4v) is 4.48. The number of nitriles is 1. The second-order valence-corrected chi connectivity index (χ2v) is 6.96. The molecule has 0 radical (unpaired) electrons. The van der Waals surface area contributed by atoms with E-state index in [1.54, 1.807) is 0 Å². The van der Waals surface area contributed by atoms with Crippen LogP contribution < -0.4 is 0 Å². The van der Waals surface area contributed by atoms with E-state index in [1.165, 1.54) is 0 Å². The van der Waals surface area contributed by atoms with Gasteiger partial charge in [0.05, 0.1) is 24.3 Å². The highest BCUT2D eigenvalue weighted by Gasteiger charge is 2.26. The Bertz CT molecular complexity index is 1130. The van der Waals surface area contributed by atoms with E-state index in [9.17, 15) is 0 Å². The molecule has 0 unspecified atom stereocenters. The molecule has 1 N–H and O–H groups in total. The lowest BCUT2D eigenvalue weighted by molar-refractivity contribution is 0.344. The van der Waals surface area contributed by atoms with Gasteiger partial charge in [-0.05, 0) is 47.6 Å². The summed E-state index contributed by atoms with van der Waals surface area (Å²) in [6.45, 7) is 0.757. The van der Waals surface area contributed by atoms with Crippen molar-refractivity contribution in [2.45, 2.75) is 25.4 Å². The third-order valence-corrected chi connectivity index (χ3v) is 5.41. The van der Waals surface area contributed by atoms with Crippen molar-refractivity contribution in [3.05, 3.63) is 39.7 Å². The summed E-state index contributed by atoms with van der Waals surface area (Å²) >= 11 is 2.29. The van der Waals surface area contributed by atoms with Gasteiger partial charge in [0.25, 0.3) is 0 Å². The van der Waals surface area contributed by atoms with Gasteiger partial charge >= 0.3 is 0 Å². The van der Waals surface area contributed by atoms with Crippen LogP contribution in [0.5, 0.6) is 0 Å². The lowest BCUT2D eigenvalue weighted by Gasteiger charge is -2.26. The lowest BCUT2D eigenvalue weighted by Crippen LogP contribution is -2.24. The average molecular weight is 429 g/mol. The van der Waals surface area contributed by atoms with Gasteiger partial charge in [-0.3, -0.25) is 4.68 Å². The minimum atomic E-state index is 0.265. The Morgan fingerprint density at radius 3 is 3.21 bits per heavy atom. The van der Waals surface area contributed by atoms with E-state index in [1.807, 2.05) is 23.1 Å². The van der Waals surface area contributed by atoms with Crippen LogP contribution in [0.2, 0.25) is 0 Å². The van der Waals surface area contributed by atoms with Gasteiger partial charge in [-0.1, -0.05) is 0 Å². The van der Waals surface area contributed by atoms with Crippen LogP contribution in [0.1, 0.15) is 23.9 Å². The molecule has 1 aliphatic heterocycles. The van der Waals surface area contributed by atoms with Crippen LogP contribution in [0.4, 0.5) is 0 Å². The highest BCUT2D eigenvalue weighted by molar-refractivity contribution is 14.1. The first-order chi connectivity index (χ1) is 11.7. The third kappa shape index (κ3) is 1.91. The highest BCUT2D eigenvalue weighted by atomic mass is 127. The molecule has 0 saturated heterocycles. The fourth-order valence-electron chi connectivity index (χ4n) is 3.58. The van der Waals surface area contributed by atoms with Crippen LogP contribution in [-0.4, -0.2) is 29.3 Å². The summed E-state index contributed by atoms with van der Waals surface area (Å²) in [4.78, 5) is 12.3. The molecule has 0 fully saturated rings. The number of hydrogen-bond acceptors (Lipinski definition) is 4. The Morgan fingerprint density at radius 2 is 2.33 bits per heavy atom. The maximum atomic E-state index is 9.06. The molecule has 4 aromatic heterocycles. The third-order valence-electron chi connectivity index (χ3n) is 4.65. The molecule has 1 aliphatic rings. The first-order valence-corrected chi connectivity index (χ1v) is 8.79. The molecule has 0 spiro atoms. The van der Waals surface area contributed by atoms with E-state index in [0.29, 0.717) is 5.69 Å². The SMILES string of the molecule is N#Cc1cc2n(n1)C[C@H](n1c(I)nc3cnc4[nH]ccc4c31)CC2. The Kier molecular flexibility index (Phi) is 2.94. The number of H-pyrrole nitrogens is 1. The molecule has 0 aliphatic carbocycles. The van der Waals surface area contributed by atoms with Crippen molar-refractivity contribution in [2.24, 2.45) is 0 Å². The van der Waals surface area contributed by atoms with Crippen LogP contribution in [-0.2, 0) is 13.0 Å². The minimum Gasteiger partial charge on any atom is -0.346 e. The number of fused-ring (bicyclic) bond motifs is 4. The number of aromatic amines is 1. The summed E-state index contributed by atoms with van der Waals surface area (Å²) < 4.78 is 5.22. The molecule has 5 rings (SSSR count). The van der Waals surface area contributed by atoms with E-state index in [0.717, 1.165) is 51.0 Å². The predicted octanol–water partition coefficient (Wildman–Crippen LogP) is 2.77. The molecule has 0 aromatic carbocycles. The van der Waals surface area contributed by atoms with Crippen LogP contribution in [0, 0.1) is 15.2 Å². The van der Waals surface area contributed by atoms with E-state index in [4.69, 9.17) is 5.26 Å². The van der Waals surface area contributed by atoms with Gasteiger partial charge in [-0.2, -0.15) is 10.4 Å². The lowest BCUT2D eigenvalue weighted by atomic mass is 10.0. The van der Waals surface area contributed by atoms with Gasteiger partial charge in [0.15, 0.2) is 9.53 Å². The second kappa shape index (κ2) is 5.04. The number of rotatable bonds is 1. The average Bonchev–Trinajstić information content (AvgIpc) is 3.28. The summed E-state index contributed by atoms with van der Waals surface area (Å²) in [5.41, 5.74) is 4.54. The van der Waals surface area contributed by atoms with Crippen molar-refractivity contribution in [1.29, 1.82) is 5.26 Å². The Morgan fingerprint density at radius 1 is 1.42 bits per heavy atom. The molecule has 5 heterocycles. The van der Waals surface area contributed by atoms with Gasteiger partial charge < -0.3 is 9.55 Å². The molecule has 0 amide bonds. The molecule has 24 heavy (non-hydrogen) atoms. The zero-order valence-electron chi connectivity index (χ0n) is 12.6. The molecule has 1 atom stereocenters. The minimum absolute atomic E-state index is 0.265. The molecular weight excluding hydrogens is 417 g/mol. The number of halogens is 1. The zero-order valence-corrected chi connectivity index (χ0v) is 14.7. The van der Waals surface area contributed by atoms with Crippen molar-refractivity contribution >= 4 is 44.7 Å². The summed E-state index contributed by atoms with van der Waals surface area (Å²) in [5.74, 6) is 0. The van der Waals surface area contributed by atoms with Crippen LogP contribution in [0.15, 0.2) is 24.5 Å². The number of pyridine rings is 1. The summed E-state index contributed by atoms with van der Waals surface area (Å²) in [7, 11) is 0. The number of nitrogens with one attached hydrogen (secondary N) is 1. The molecule has 0 saturated carbocycles. The number of imidazole rings is 1. The predicted molar refractivity (Wildman–Crippen MR) is 96.4 cm³/mol. The quantitative estimate of drug-likeness (QED) is 0.472. The number of nitrogens with zero attached hydrogens (tertiary/aromatic N) is 6. The Balaban J connectivity index is 1.68. The largest absolute Gasteiger partial charge is 0.346 e. The van der Waals surface area contributed by atoms with Crippen LogP contribution in [0.25, 0.3) is 22.1 Å². The normalized spacial score (nSPS) is 17.2. The second-order valence-electron chi connectivity index (χ2n) is 5.99. The van der Waals surface area contributed by atoms with E-state index < -0.39 is 0 Å². The zero-order chi connectivity index (χ0) is 16.3. The summed E-state index contributed by atoms with van der Waals surface area (Å²) in [6.07, 6.45) is 5.65. The number of hydrogen-bond donors (Lipinski definition) is 1. The van der Waals surface area contributed by atoms with Crippen molar-refractivity contribution in [2.75, 3.05) is 0 Å². The topological polar surface area (TPSA) is 88.1 Å². The van der Waals surface area contributed by atoms with E-state index in [-0.39, 0.29) is 6.04 Å². The molecule has 8 heteroatoms. The molecular formula is C16H12IN7. The molecule has 7 nitrogen and oxygen atoms in total. The van der Waals surface area contributed by atoms with Gasteiger partial charge in [0, 0.05) is 17.3 Å². The molecule has 118 valence electrons. The van der Waals surface area contributed by atoms with Crippen LogP contribution >= 0.6 is 22.6 Å². The summed E-state index contributed by atoms with van der Waals surface area (Å²) in [6, 6.07) is 6.34. The standard InChI is InChI=1S/C16H12IN7/c17-16-21-13-7-20-15-12(3-4-19-15)14(13)24(16)11-2-1-10-5-9(6-18)22-23(10)8-11/h3-5,7,11H,1-2,8H2,(H,19,20)/t11-/m1/s1. The maximum Gasteiger partial charge on any atom is 0.172 e. The van der Waals surface area contributed by atoms with E-state index in [2.05, 4.69) is 59.3 Å². The Hall–Kier alpha value is -2.41. The monoisotopic (exact) mass is 429 g/mol. The van der Waals surface area contributed by atoms with Gasteiger partial charge in [0.2, 0.25) is 0 Å². The van der Waals surface area contributed by atoms with Crippen molar-refractivity contribution in [3.8, 4) is 6.07 Å². The fraction of sp³-hybridized carbons (Fsp3) is 0.250. The van der Waals surface area contributed by atoms with Gasteiger partial charge in [-0.25, -0.2) is 9.97 Å². The maximum absolute atomic E-state index is 9.06. The van der Waals surface area contributed by atoms with Gasteiger partial charge in [-0.15, -0.1) is 0 Å². The van der Waals surface area contributed by atoms with Crippen molar-refractivity contribution in [3.63, 3.8) is 0 Å². The smallest absolute Gasteiger partial charge is 0.172 e. The summed E-state index contributed by atoms with van der Waals surface area (Å²) in [5, 5.41) is 14.5. The van der Waals surface area contributed by atoms with Crippen LogP contribution in [0.3, 0.4) is 0 Å². The first kappa shape index (κ1) is 14.0. The van der Waals surface area contributed by atoms with Gasteiger partial charge in [0.1, 0.15) is 17.2 Å². The first-order valence-electron chi connectivity index (χ1n) is 7.71. The van der Waals surface area contributed by atoms with E-state index >= 15 is 0 Å². The van der Waals surface area contributed by atoms with Crippen molar-refractivity contribution in [1.82, 2.24) is 29.3 Å². The molecule has 0 bridgehead atoms. The number of aryl methyl sites for hydroxylation is 1.